The summed E-state index contributed by atoms with van der Waals surface area (Å²) in [5, 5.41) is 18.4. The molecule has 0 fully saturated rings. The van der Waals surface area contributed by atoms with Gasteiger partial charge in [-0.1, -0.05) is 28.1 Å². The molecule has 1 aromatic rings. The Labute approximate surface area is 133 Å². The topological polar surface area (TPSA) is 83.1 Å². The molecule has 0 aliphatic heterocycles. The second kappa shape index (κ2) is 8.32. The van der Waals surface area contributed by atoms with Gasteiger partial charge in [-0.25, -0.2) is 0 Å². The Morgan fingerprint density at radius 3 is 2.24 bits per heavy atom. The number of nitriles is 2. The summed E-state index contributed by atoms with van der Waals surface area (Å²) in [6, 6.07) is 10.8. The van der Waals surface area contributed by atoms with E-state index in [9.17, 15) is 15.1 Å². The largest absolute Gasteiger partial charge is 0.340 e. The lowest BCUT2D eigenvalue weighted by Gasteiger charge is -2.27. The summed E-state index contributed by atoms with van der Waals surface area (Å²) in [5.41, 5.74) is -0.368. The fourth-order valence-electron chi connectivity index (χ4n) is 1.98. The van der Waals surface area contributed by atoms with E-state index in [0.29, 0.717) is 5.56 Å². The molecule has 5 nitrogen and oxygen atoms in total. The molecule has 0 bridgehead atoms. The normalized spacial score (nSPS) is 12.7. The first-order chi connectivity index (χ1) is 10.0. The molecule has 112 valence electrons. The van der Waals surface area contributed by atoms with Crippen LogP contribution in [0.1, 0.15) is 25.1 Å². The molecule has 0 amide bonds. The summed E-state index contributed by atoms with van der Waals surface area (Å²) in [5.74, 6) is -1.12. The van der Waals surface area contributed by atoms with Gasteiger partial charge >= 0.3 is 7.60 Å². The number of hydrogen-bond acceptors (Lipinski definition) is 5. The third-order valence-corrected chi connectivity index (χ3v) is 5.75. The SMILES string of the molecule is CCOP(=O)(OCC)C(c1cccc(Br)c1)C(C#N)C#N. The molecule has 0 spiro atoms. The third kappa shape index (κ3) is 4.40. The molecule has 0 saturated heterocycles. The van der Waals surface area contributed by atoms with Gasteiger partial charge in [-0.05, 0) is 31.5 Å². The van der Waals surface area contributed by atoms with E-state index in [-0.39, 0.29) is 13.2 Å². The van der Waals surface area contributed by atoms with Crippen LogP contribution in [0.25, 0.3) is 0 Å². The quantitative estimate of drug-likeness (QED) is 0.663. The van der Waals surface area contributed by atoms with Crippen LogP contribution in [0.15, 0.2) is 28.7 Å². The molecule has 7 heteroatoms. The minimum Gasteiger partial charge on any atom is -0.308 e. The van der Waals surface area contributed by atoms with Crippen LogP contribution >= 0.6 is 23.5 Å². The van der Waals surface area contributed by atoms with Gasteiger partial charge in [0.25, 0.3) is 0 Å². The zero-order valence-corrected chi connectivity index (χ0v) is 14.3. The molecule has 0 saturated carbocycles. The fraction of sp³-hybridized carbons (Fsp3) is 0.429. The van der Waals surface area contributed by atoms with Crippen molar-refractivity contribution >= 4 is 23.5 Å². The fourth-order valence-corrected chi connectivity index (χ4v) is 4.53. The van der Waals surface area contributed by atoms with Crippen molar-refractivity contribution in [1.82, 2.24) is 0 Å². The van der Waals surface area contributed by atoms with Crippen molar-refractivity contribution in [2.45, 2.75) is 19.5 Å². The maximum absolute atomic E-state index is 13.0. The van der Waals surface area contributed by atoms with Crippen molar-refractivity contribution < 1.29 is 13.6 Å². The van der Waals surface area contributed by atoms with Crippen molar-refractivity contribution in [3.8, 4) is 12.1 Å². The Kier molecular flexibility index (Phi) is 7.08. The highest BCUT2D eigenvalue weighted by Crippen LogP contribution is 2.63. The molecular weight excluding hydrogens is 355 g/mol. The lowest BCUT2D eigenvalue weighted by atomic mass is 10.0. The smallest absolute Gasteiger partial charge is 0.308 e. The number of benzene rings is 1. The predicted octanol–water partition coefficient (Wildman–Crippen LogP) is 4.42. The first-order valence-corrected chi connectivity index (χ1v) is 8.86. The molecule has 0 aliphatic carbocycles. The van der Waals surface area contributed by atoms with E-state index < -0.39 is 19.2 Å². The Morgan fingerprint density at radius 1 is 1.24 bits per heavy atom. The molecule has 0 radical (unpaired) electrons. The Balaban J connectivity index is 3.41. The van der Waals surface area contributed by atoms with E-state index in [4.69, 9.17) is 9.05 Å². The first-order valence-electron chi connectivity index (χ1n) is 6.45. The number of halogens is 1. The van der Waals surface area contributed by atoms with E-state index in [0.717, 1.165) is 4.47 Å². The first kappa shape index (κ1) is 17.9. The van der Waals surface area contributed by atoms with Gasteiger partial charge in [-0.2, -0.15) is 10.5 Å². The maximum Gasteiger partial charge on any atom is 0.340 e. The van der Waals surface area contributed by atoms with E-state index in [1.165, 1.54) is 0 Å². The van der Waals surface area contributed by atoms with E-state index in [1.807, 2.05) is 12.1 Å². The van der Waals surface area contributed by atoms with Crippen LogP contribution in [0, 0.1) is 28.6 Å². The van der Waals surface area contributed by atoms with Crippen molar-refractivity contribution in [3.63, 3.8) is 0 Å². The van der Waals surface area contributed by atoms with Crippen LogP contribution in [0.3, 0.4) is 0 Å². The van der Waals surface area contributed by atoms with Crippen LogP contribution in [-0.4, -0.2) is 13.2 Å². The predicted molar refractivity (Wildman–Crippen MR) is 82.5 cm³/mol. The van der Waals surface area contributed by atoms with Crippen LogP contribution < -0.4 is 0 Å². The average Bonchev–Trinajstić information content (AvgIpc) is 2.44. The Bertz CT molecular complexity index is 585. The van der Waals surface area contributed by atoms with Crippen LogP contribution in [0.2, 0.25) is 0 Å². The summed E-state index contributed by atoms with van der Waals surface area (Å²) in [4.78, 5) is 0. The molecule has 0 aliphatic rings. The van der Waals surface area contributed by atoms with Gasteiger partial charge in [0.2, 0.25) is 0 Å². The molecule has 0 aromatic heterocycles. The Morgan fingerprint density at radius 2 is 1.81 bits per heavy atom. The van der Waals surface area contributed by atoms with Crippen LogP contribution in [-0.2, 0) is 13.6 Å². The van der Waals surface area contributed by atoms with Gasteiger partial charge in [0.05, 0.1) is 25.4 Å². The number of rotatable bonds is 7. The zero-order valence-electron chi connectivity index (χ0n) is 11.8. The molecular formula is C14H16BrN2O3P. The van der Waals surface area contributed by atoms with Gasteiger partial charge in [-0.15, -0.1) is 0 Å². The standard InChI is InChI=1S/C14H16BrN2O3P/c1-3-19-21(18,20-4-2)14(12(9-16)10-17)11-6-5-7-13(15)8-11/h5-8,12,14H,3-4H2,1-2H3. The highest BCUT2D eigenvalue weighted by molar-refractivity contribution is 9.10. The van der Waals surface area contributed by atoms with E-state index in [1.54, 1.807) is 38.1 Å². The summed E-state index contributed by atoms with van der Waals surface area (Å²) < 4.78 is 24.4. The molecule has 1 rings (SSSR count). The highest BCUT2D eigenvalue weighted by Gasteiger charge is 2.43. The molecule has 1 atom stereocenters. The van der Waals surface area contributed by atoms with Crippen LogP contribution in [0.4, 0.5) is 0 Å². The third-order valence-electron chi connectivity index (χ3n) is 2.74. The summed E-state index contributed by atoms with van der Waals surface area (Å²) in [7, 11) is -3.63. The van der Waals surface area contributed by atoms with Crippen LogP contribution in [0.5, 0.6) is 0 Å². The molecule has 0 heterocycles. The second-order valence-electron chi connectivity index (χ2n) is 4.11. The molecule has 1 unspecified atom stereocenters. The maximum atomic E-state index is 13.0. The van der Waals surface area contributed by atoms with E-state index >= 15 is 0 Å². The molecule has 0 N–H and O–H groups in total. The van der Waals surface area contributed by atoms with Crippen molar-refractivity contribution in [3.05, 3.63) is 34.3 Å². The van der Waals surface area contributed by atoms with Gasteiger partial charge in [0, 0.05) is 4.47 Å². The van der Waals surface area contributed by atoms with E-state index in [2.05, 4.69) is 15.9 Å². The highest BCUT2D eigenvalue weighted by atomic mass is 79.9. The summed E-state index contributed by atoms with van der Waals surface area (Å²) >= 11 is 3.33. The monoisotopic (exact) mass is 370 g/mol. The van der Waals surface area contributed by atoms with Gasteiger partial charge in [0.1, 0.15) is 5.66 Å². The van der Waals surface area contributed by atoms with Gasteiger partial charge in [-0.3, -0.25) is 4.57 Å². The number of hydrogen-bond donors (Lipinski definition) is 0. The zero-order chi connectivity index (χ0) is 15.9. The number of nitrogens with zero attached hydrogens (tertiary/aromatic N) is 2. The second-order valence-corrected chi connectivity index (χ2v) is 7.18. The van der Waals surface area contributed by atoms with Crippen molar-refractivity contribution in [2.24, 2.45) is 5.92 Å². The summed E-state index contributed by atoms with van der Waals surface area (Å²) in [6.07, 6.45) is 0. The summed E-state index contributed by atoms with van der Waals surface area (Å²) in [6.45, 7) is 3.73. The average molecular weight is 371 g/mol. The lowest BCUT2D eigenvalue weighted by Crippen LogP contribution is -2.14. The van der Waals surface area contributed by atoms with Gasteiger partial charge < -0.3 is 9.05 Å². The minimum atomic E-state index is -3.63. The van der Waals surface area contributed by atoms with Crippen molar-refractivity contribution in [2.75, 3.05) is 13.2 Å². The minimum absolute atomic E-state index is 0.172. The Hall–Kier alpha value is -1.17. The molecule has 1 aromatic carbocycles. The van der Waals surface area contributed by atoms with Gasteiger partial charge in [0.15, 0.2) is 5.92 Å². The van der Waals surface area contributed by atoms with Crippen molar-refractivity contribution in [1.29, 1.82) is 10.5 Å². The lowest BCUT2D eigenvalue weighted by molar-refractivity contribution is 0.209. The molecule has 21 heavy (non-hydrogen) atoms.